The van der Waals surface area contributed by atoms with E-state index in [0.29, 0.717) is 12.4 Å². The lowest BCUT2D eigenvalue weighted by molar-refractivity contribution is 0.0690. The number of aromatic nitrogens is 1. The van der Waals surface area contributed by atoms with Crippen molar-refractivity contribution in [2.45, 2.75) is 25.9 Å². The number of anilines is 1. The topological polar surface area (TPSA) is 82.9 Å². The Labute approximate surface area is 153 Å². The van der Waals surface area contributed by atoms with Gasteiger partial charge in [0.15, 0.2) is 5.69 Å². The second-order valence-corrected chi connectivity index (χ2v) is 6.46. The van der Waals surface area contributed by atoms with Gasteiger partial charge in [-0.15, -0.1) is 0 Å². The van der Waals surface area contributed by atoms with Crippen molar-refractivity contribution in [3.63, 3.8) is 0 Å². The summed E-state index contributed by atoms with van der Waals surface area (Å²) in [5, 5.41) is 19.8. The van der Waals surface area contributed by atoms with Crippen LogP contribution < -0.4 is 9.64 Å². The Bertz CT molecular complexity index is 740. The molecule has 0 spiro atoms. The number of aromatic carboxylic acids is 1. The average Bonchev–Trinajstić information content (AvgIpc) is 2.68. The summed E-state index contributed by atoms with van der Waals surface area (Å²) in [6, 6.07) is 12.6. The van der Waals surface area contributed by atoms with Crippen LogP contribution in [0, 0.1) is 5.92 Å². The number of carboxylic acids is 1. The number of hydrogen-bond donors (Lipinski definition) is 2. The molecular weight excluding hydrogens is 332 g/mol. The first kappa shape index (κ1) is 18.2. The summed E-state index contributed by atoms with van der Waals surface area (Å²) < 4.78 is 5.44. The third-order valence-electron chi connectivity index (χ3n) is 4.80. The van der Waals surface area contributed by atoms with Crippen LogP contribution in [0.15, 0.2) is 42.5 Å². The van der Waals surface area contributed by atoms with Gasteiger partial charge in [0.25, 0.3) is 0 Å². The first-order valence-electron chi connectivity index (χ1n) is 8.94. The molecule has 0 radical (unpaired) electrons. The van der Waals surface area contributed by atoms with E-state index in [9.17, 15) is 9.90 Å². The lowest BCUT2D eigenvalue weighted by atomic mass is 9.87. The molecule has 6 heteroatoms. The van der Waals surface area contributed by atoms with Gasteiger partial charge in [0.1, 0.15) is 11.6 Å². The number of rotatable bonds is 6. The zero-order chi connectivity index (χ0) is 18.5. The number of benzene rings is 1. The normalized spacial score (nSPS) is 16.3. The summed E-state index contributed by atoms with van der Waals surface area (Å²) in [7, 11) is 0. The smallest absolute Gasteiger partial charge is 0.354 e. The third kappa shape index (κ3) is 4.14. The number of aliphatic hydroxyl groups is 1. The summed E-state index contributed by atoms with van der Waals surface area (Å²) >= 11 is 0. The predicted molar refractivity (Wildman–Crippen MR) is 98.7 cm³/mol. The first-order valence-corrected chi connectivity index (χ1v) is 8.94. The van der Waals surface area contributed by atoms with Crippen molar-refractivity contribution in [2.75, 3.05) is 24.6 Å². The highest BCUT2D eigenvalue weighted by atomic mass is 16.5. The molecule has 0 bridgehead atoms. The average molecular weight is 356 g/mol. The Hall–Kier alpha value is -2.60. The minimum Gasteiger partial charge on any atom is -0.494 e. The maximum atomic E-state index is 11.1. The predicted octanol–water partition coefficient (Wildman–Crippen LogP) is 3.13. The number of carbonyl (C=O) groups is 1. The molecule has 1 aromatic heterocycles. The molecule has 0 saturated carbocycles. The van der Waals surface area contributed by atoms with Gasteiger partial charge in [0.05, 0.1) is 12.7 Å². The van der Waals surface area contributed by atoms with Crippen LogP contribution in [-0.4, -0.2) is 40.9 Å². The summed E-state index contributed by atoms with van der Waals surface area (Å²) in [5.41, 5.74) is 0.956. The van der Waals surface area contributed by atoms with Crippen molar-refractivity contribution in [1.29, 1.82) is 0 Å². The van der Waals surface area contributed by atoms with Crippen molar-refractivity contribution in [3.8, 4) is 5.75 Å². The molecular formula is C20H24N2O4. The number of ether oxygens (including phenoxy) is 1. The summed E-state index contributed by atoms with van der Waals surface area (Å²) in [4.78, 5) is 17.4. The van der Waals surface area contributed by atoms with Gasteiger partial charge >= 0.3 is 5.97 Å². The number of hydrogen-bond acceptors (Lipinski definition) is 5. The Morgan fingerprint density at radius 1 is 1.23 bits per heavy atom. The molecule has 1 unspecified atom stereocenters. The van der Waals surface area contributed by atoms with Crippen LogP contribution >= 0.6 is 0 Å². The standard InChI is InChI=1S/C20H24N2O4/c1-2-26-16-8-6-14(7-9-16)19(23)15-10-12-22(13-11-15)18-5-3-4-17(21-18)20(24)25/h3-9,15,19,23H,2,10-13H2,1H3,(H,24,25). The number of nitrogens with zero attached hydrogens (tertiary/aromatic N) is 2. The molecule has 6 nitrogen and oxygen atoms in total. The Morgan fingerprint density at radius 2 is 1.92 bits per heavy atom. The molecule has 2 aromatic rings. The molecule has 0 amide bonds. The fourth-order valence-electron chi connectivity index (χ4n) is 3.36. The molecule has 1 aliphatic heterocycles. The lowest BCUT2D eigenvalue weighted by Gasteiger charge is -2.35. The van der Waals surface area contributed by atoms with E-state index in [2.05, 4.69) is 9.88 Å². The van der Waals surface area contributed by atoms with Crippen LogP contribution in [0.3, 0.4) is 0 Å². The Balaban J connectivity index is 1.61. The molecule has 3 rings (SSSR count). The number of aliphatic hydroxyl groups excluding tert-OH is 1. The molecule has 1 fully saturated rings. The largest absolute Gasteiger partial charge is 0.494 e. The summed E-state index contributed by atoms with van der Waals surface area (Å²) in [6.45, 7) is 4.05. The van der Waals surface area contributed by atoms with Crippen LogP contribution in [-0.2, 0) is 0 Å². The van der Waals surface area contributed by atoms with Crippen LogP contribution in [0.5, 0.6) is 5.75 Å². The van der Waals surface area contributed by atoms with Gasteiger partial charge in [-0.25, -0.2) is 9.78 Å². The number of pyridine rings is 1. The monoisotopic (exact) mass is 356 g/mol. The molecule has 1 aliphatic rings. The number of carboxylic acid groups (broad SMARTS) is 1. The summed E-state index contributed by atoms with van der Waals surface area (Å²) in [6.07, 6.45) is 1.15. The second kappa shape index (κ2) is 8.19. The number of piperidine rings is 1. The van der Waals surface area contributed by atoms with E-state index in [1.54, 1.807) is 6.07 Å². The zero-order valence-corrected chi connectivity index (χ0v) is 14.8. The van der Waals surface area contributed by atoms with Gasteiger partial charge < -0.3 is 19.8 Å². The van der Waals surface area contributed by atoms with Crippen LogP contribution in [0.2, 0.25) is 0 Å². The van der Waals surface area contributed by atoms with Crippen LogP contribution in [0.4, 0.5) is 5.82 Å². The fourth-order valence-corrected chi connectivity index (χ4v) is 3.36. The van der Waals surface area contributed by atoms with E-state index in [1.807, 2.05) is 37.3 Å². The van der Waals surface area contributed by atoms with E-state index in [4.69, 9.17) is 9.84 Å². The summed E-state index contributed by atoms with van der Waals surface area (Å²) in [5.74, 6) is 0.640. The van der Waals surface area contributed by atoms with E-state index < -0.39 is 12.1 Å². The fraction of sp³-hybridized carbons (Fsp3) is 0.400. The Kier molecular flexibility index (Phi) is 5.73. The molecule has 26 heavy (non-hydrogen) atoms. The molecule has 2 N–H and O–H groups in total. The highest BCUT2D eigenvalue weighted by molar-refractivity contribution is 5.85. The molecule has 0 aliphatic carbocycles. The van der Waals surface area contributed by atoms with Crippen LogP contribution in [0.25, 0.3) is 0 Å². The maximum absolute atomic E-state index is 11.1. The minimum atomic E-state index is -1.02. The van der Waals surface area contributed by atoms with Gasteiger partial charge in [-0.1, -0.05) is 18.2 Å². The lowest BCUT2D eigenvalue weighted by Crippen LogP contribution is -2.36. The minimum absolute atomic E-state index is 0.0547. The molecule has 2 heterocycles. The molecule has 1 atom stereocenters. The van der Waals surface area contributed by atoms with E-state index in [-0.39, 0.29) is 11.6 Å². The maximum Gasteiger partial charge on any atom is 0.354 e. The van der Waals surface area contributed by atoms with Crippen LogP contribution in [0.1, 0.15) is 41.9 Å². The van der Waals surface area contributed by atoms with E-state index in [1.165, 1.54) is 6.07 Å². The molecule has 138 valence electrons. The Morgan fingerprint density at radius 3 is 2.54 bits per heavy atom. The quantitative estimate of drug-likeness (QED) is 0.827. The van der Waals surface area contributed by atoms with Crippen molar-refractivity contribution in [3.05, 3.63) is 53.7 Å². The van der Waals surface area contributed by atoms with Gasteiger partial charge in [-0.2, -0.15) is 0 Å². The van der Waals surface area contributed by atoms with E-state index >= 15 is 0 Å². The van der Waals surface area contributed by atoms with Crippen molar-refractivity contribution in [2.24, 2.45) is 5.92 Å². The van der Waals surface area contributed by atoms with Gasteiger partial charge in [-0.05, 0) is 55.5 Å². The third-order valence-corrected chi connectivity index (χ3v) is 4.80. The second-order valence-electron chi connectivity index (χ2n) is 6.46. The van der Waals surface area contributed by atoms with E-state index in [0.717, 1.165) is 37.2 Å². The molecule has 1 aromatic carbocycles. The highest BCUT2D eigenvalue weighted by Crippen LogP contribution is 2.32. The SMILES string of the molecule is CCOc1ccc(C(O)C2CCN(c3cccc(C(=O)O)n3)CC2)cc1. The van der Waals surface area contributed by atoms with Gasteiger partial charge in [0.2, 0.25) is 0 Å². The van der Waals surface area contributed by atoms with Gasteiger partial charge in [0, 0.05) is 13.1 Å². The highest BCUT2D eigenvalue weighted by Gasteiger charge is 2.27. The molecule has 1 saturated heterocycles. The van der Waals surface area contributed by atoms with Crippen molar-refractivity contribution < 1.29 is 19.7 Å². The van der Waals surface area contributed by atoms with Crippen molar-refractivity contribution >= 4 is 11.8 Å². The zero-order valence-electron chi connectivity index (χ0n) is 14.8. The van der Waals surface area contributed by atoms with Crippen molar-refractivity contribution in [1.82, 2.24) is 4.98 Å². The first-order chi connectivity index (χ1) is 12.6. The van der Waals surface area contributed by atoms with Gasteiger partial charge in [-0.3, -0.25) is 0 Å².